The van der Waals surface area contributed by atoms with Crippen LogP contribution in [0.3, 0.4) is 0 Å². The SMILES string of the molecule is CC1(C)c2ccccc2C2C=C3C(=CC21)c1cc(-c2ccc4oc5c(C6C=C(C7=CCCC=C7)NC(c7ccccc7)=N6)cccc5c4c2)ccc1C31CCCCC1. The van der Waals surface area contributed by atoms with Gasteiger partial charge >= 0.3 is 0 Å². The van der Waals surface area contributed by atoms with Gasteiger partial charge in [0, 0.05) is 38.9 Å². The number of amidine groups is 1. The second kappa shape index (κ2) is 12.8. The molecule has 6 aliphatic rings. The van der Waals surface area contributed by atoms with E-state index in [1.807, 2.05) is 0 Å². The molecular weight excluding hydrogens is 705 g/mol. The zero-order valence-corrected chi connectivity index (χ0v) is 33.4. The van der Waals surface area contributed by atoms with Crippen LogP contribution in [0, 0.1) is 5.92 Å². The normalized spacial score (nSPS) is 23.6. The highest BCUT2D eigenvalue weighted by Gasteiger charge is 2.52. The molecule has 3 atom stereocenters. The number of hydrogen-bond acceptors (Lipinski definition) is 3. The molecule has 5 aliphatic carbocycles. The van der Waals surface area contributed by atoms with E-state index in [9.17, 15) is 0 Å². The third-order valence-electron chi connectivity index (χ3n) is 14.6. The van der Waals surface area contributed by atoms with Crippen molar-refractivity contribution in [1.29, 1.82) is 0 Å². The van der Waals surface area contributed by atoms with Crippen LogP contribution in [-0.4, -0.2) is 5.84 Å². The third kappa shape index (κ3) is 5.01. The zero-order valence-electron chi connectivity index (χ0n) is 33.4. The van der Waals surface area contributed by atoms with Gasteiger partial charge in [0.2, 0.25) is 0 Å². The maximum atomic E-state index is 6.79. The van der Waals surface area contributed by atoms with Crippen LogP contribution >= 0.6 is 0 Å². The summed E-state index contributed by atoms with van der Waals surface area (Å²) < 4.78 is 6.79. The summed E-state index contributed by atoms with van der Waals surface area (Å²) in [6, 6.07) is 40.3. The number of allylic oxidation sites excluding steroid dienone is 7. The molecule has 284 valence electrons. The van der Waals surface area contributed by atoms with Crippen molar-refractivity contribution in [3.63, 3.8) is 0 Å². The van der Waals surface area contributed by atoms with Gasteiger partial charge < -0.3 is 9.73 Å². The summed E-state index contributed by atoms with van der Waals surface area (Å²) >= 11 is 0. The van der Waals surface area contributed by atoms with Gasteiger partial charge in [0.15, 0.2) is 0 Å². The highest BCUT2D eigenvalue weighted by atomic mass is 16.3. The average molecular weight is 753 g/mol. The largest absolute Gasteiger partial charge is 0.456 e. The van der Waals surface area contributed by atoms with Gasteiger partial charge in [-0.05, 0) is 111 Å². The Labute approximate surface area is 341 Å². The van der Waals surface area contributed by atoms with Gasteiger partial charge in [0.1, 0.15) is 23.0 Å². The van der Waals surface area contributed by atoms with Crippen LogP contribution in [-0.2, 0) is 10.8 Å². The van der Waals surface area contributed by atoms with Crippen molar-refractivity contribution in [2.24, 2.45) is 10.9 Å². The molecule has 3 heteroatoms. The lowest BCUT2D eigenvalue weighted by Crippen LogP contribution is -2.31. The quantitative estimate of drug-likeness (QED) is 0.195. The van der Waals surface area contributed by atoms with Crippen molar-refractivity contribution in [2.75, 3.05) is 0 Å². The van der Waals surface area contributed by atoms with Crippen molar-refractivity contribution in [3.8, 4) is 11.1 Å². The molecule has 58 heavy (non-hydrogen) atoms. The topological polar surface area (TPSA) is 37.5 Å². The fraction of sp³-hybridized carbons (Fsp3) is 0.255. The Bertz CT molecular complexity index is 2880. The van der Waals surface area contributed by atoms with Gasteiger partial charge in [-0.2, -0.15) is 0 Å². The van der Waals surface area contributed by atoms with Crippen LogP contribution in [0.2, 0.25) is 0 Å². The van der Waals surface area contributed by atoms with E-state index in [4.69, 9.17) is 9.41 Å². The first-order chi connectivity index (χ1) is 28.5. The maximum Gasteiger partial charge on any atom is 0.141 e. The number of benzene rings is 5. The second-order valence-corrected chi connectivity index (χ2v) is 18.1. The number of para-hydroxylation sites is 1. The maximum absolute atomic E-state index is 6.79. The lowest BCUT2D eigenvalue weighted by Gasteiger charge is -2.39. The van der Waals surface area contributed by atoms with Crippen LogP contribution in [0.1, 0.15) is 104 Å². The third-order valence-corrected chi connectivity index (χ3v) is 14.6. The molecule has 12 rings (SSSR count). The Morgan fingerprint density at radius 1 is 0.690 bits per heavy atom. The molecule has 3 nitrogen and oxygen atoms in total. The van der Waals surface area contributed by atoms with Crippen LogP contribution in [0.15, 0.2) is 172 Å². The summed E-state index contributed by atoms with van der Waals surface area (Å²) in [4.78, 5) is 5.30. The molecule has 2 heterocycles. The van der Waals surface area contributed by atoms with Gasteiger partial charge in [0.05, 0.1) is 0 Å². The number of nitrogens with zero attached hydrogens (tertiary/aromatic N) is 1. The molecule has 0 bridgehead atoms. The number of aliphatic imine (C=N–C) groups is 1. The van der Waals surface area contributed by atoms with Gasteiger partial charge in [-0.3, -0.25) is 4.99 Å². The molecule has 1 saturated carbocycles. The van der Waals surface area contributed by atoms with E-state index in [2.05, 4.69) is 165 Å². The Kier molecular flexibility index (Phi) is 7.53. The predicted molar refractivity (Wildman–Crippen MR) is 239 cm³/mol. The molecule has 1 fully saturated rings. The summed E-state index contributed by atoms with van der Waals surface area (Å²) in [5.74, 6) is 1.78. The lowest BCUT2D eigenvalue weighted by molar-refractivity contribution is 0.345. The van der Waals surface area contributed by atoms with Gasteiger partial charge in [-0.1, -0.05) is 154 Å². The fourth-order valence-corrected chi connectivity index (χ4v) is 11.7. The Balaban J connectivity index is 0.960. The van der Waals surface area contributed by atoms with E-state index in [1.54, 1.807) is 11.1 Å². The summed E-state index contributed by atoms with van der Waals surface area (Å²) in [6.45, 7) is 4.93. The van der Waals surface area contributed by atoms with Crippen LogP contribution in [0.5, 0.6) is 0 Å². The monoisotopic (exact) mass is 752 g/mol. The molecule has 1 N–H and O–H groups in total. The molecule has 6 aromatic rings. The molecule has 1 aromatic heterocycles. The van der Waals surface area contributed by atoms with E-state index in [-0.39, 0.29) is 16.9 Å². The number of furan rings is 1. The first-order valence-electron chi connectivity index (χ1n) is 21.6. The summed E-state index contributed by atoms with van der Waals surface area (Å²) in [5.41, 5.74) is 18.2. The fourth-order valence-electron chi connectivity index (χ4n) is 11.7. The van der Waals surface area contributed by atoms with Crippen molar-refractivity contribution < 1.29 is 4.42 Å². The van der Waals surface area contributed by atoms with Crippen LogP contribution < -0.4 is 5.32 Å². The number of fused-ring (bicyclic) bond motifs is 11. The molecule has 0 saturated heterocycles. The van der Waals surface area contributed by atoms with E-state index < -0.39 is 0 Å². The number of hydrogen-bond donors (Lipinski definition) is 1. The minimum Gasteiger partial charge on any atom is -0.456 e. The van der Waals surface area contributed by atoms with Crippen molar-refractivity contribution >= 4 is 33.3 Å². The van der Waals surface area contributed by atoms with Crippen molar-refractivity contribution in [3.05, 3.63) is 196 Å². The Hall–Kier alpha value is -5.93. The molecule has 5 aromatic carbocycles. The van der Waals surface area contributed by atoms with E-state index in [1.165, 1.54) is 71.1 Å². The molecule has 3 unspecified atom stereocenters. The predicted octanol–water partition coefficient (Wildman–Crippen LogP) is 13.7. The first-order valence-corrected chi connectivity index (χ1v) is 21.6. The molecule has 0 amide bonds. The standard InChI is InChI=1S/C55H48N2O/c1-54(2)45-22-11-10-19-38(45)42-32-48-43(31-47(42)54)41-29-36(23-25-46(41)55(48)27-12-5-13-28-55)37-24-26-51-44(30-37)39-20-14-21-40(52(39)58-51)50-33-49(34-15-6-3-7-16-34)56-53(57-50)35-17-8-4-9-18-35/h4,6,8-11,14-26,29-33,42,47,50H,3,5,7,12-13,27-28H2,1-2H3,(H,56,57). The van der Waals surface area contributed by atoms with Gasteiger partial charge in [0.25, 0.3) is 0 Å². The zero-order chi connectivity index (χ0) is 38.6. The van der Waals surface area contributed by atoms with Gasteiger partial charge in [-0.15, -0.1) is 0 Å². The lowest BCUT2D eigenvalue weighted by atomic mass is 9.64. The van der Waals surface area contributed by atoms with E-state index in [0.29, 0.717) is 11.8 Å². The van der Waals surface area contributed by atoms with Crippen LogP contribution in [0.25, 0.3) is 38.6 Å². The first kappa shape index (κ1) is 34.1. The Morgan fingerprint density at radius 3 is 2.36 bits per heavy atom. The number of nitrogens with one attached hydrogen (secondary N) is 1. The van der Waals surface area contributed by atoms with Crippen LogP contribution in [0.4, 0.5) is 0 Å². The highest BCUT2D eigenvalue weighted by Crippen LogP contribution is 2.63. The Morgan fingerprint density at radius 2 is 1.50 bits per heavy atom. The summed E-state index contributed by atoms with van der Waals surface area (Å²) in [7, 11) is 0. The second-order valence-electron chi connectivity index (χ2n) is 18.1. The average Bonchev–Trinajstić information content (AvgIpc) is 3.86. The molecule has 1 aliphatic heterocycles. The summed E-state index contributed by atoms with van der Waals surface area (Å²) in [6.07, 6.45) is 23.1. The molecular formula is C55H48N2O. The molecule has 1 spiro atoms. The smallest absolute Gasteiger partial charge is 0.141 e. The number of rotatable bonds is 4. The molecule has 0 radical (unpaired) electrons. The van der Waals surface area contributed by atoms with Crippen molar-refractivity contribution in [2.45, 2.75) is 81.6 Å². The van der Waals surface area contributed by atoms with E-state index >= 15 is 0 Å². The van der Waals surface area contributed by atoms with Crippen molar-refractivity contribution in [1.82, 2.24) is 5.32 Å². The minimum absolute atomic E-state index is 0.0900. The van der Waals surface area contributed by atoms with Gasteiger partial charge in [-0.25, -0.2) is 0 Å². The highest BCUT2D eigenvalue weighted by molar-refractivity contribution is 6.08. The summed E-state index contributed by atoms with van der Waals surface area (Å²) in [5, 5.41) is 5.94. The minimum atomic E-state index is -0.196. The van der Waals surface area contributed by atoms with E-state index in [0.717, 1.165) is 57.4 Å².